The lowest BCUT2D eigenvalue weighted by Crippen LogP contribution is -2.39. The van der Waals surface area contributed by atoms with Crippen LogP contribution in [-0.2, 0) is 23.0 Å². The number of halogens is 1. The van der Waals surface area contributed by atoms with Crippen LogP contribution in [0, 0.1) is 0 Å². The average Bonchev–Trinajstić information content (AvgIpc) is 3.16. The van der Waals surface area contributed by atoms with Gasteiger partial charge in [-0.1, -0.05) is 80.4 Å². The third kappa shape index (κ3) is 3.84. The number of hydrogen-bond donors (Lipinski definition) is 2. The second-order valence-electron chi connectivity index (χ2n) is 9.05. The molecule has 0 saturated carbocycles. The van der Waals surface area contributed by atoms with Crippen LogP contribution in [0.25, 0.3) is 22.9 Å². The molecule has 2 N–H and O–H groups in total. The molecule has 7 heteroatoms. The van der Waals surface area contributed by atoms with Crippen LogP contribution in [0.5, 0.6) is 0 Å². The first-order chi connectivity index (χ1) is 15.8. The summed E-state index contributed by atoms with van der Waals surface area (Å²) >= 11 is 6.51. The molecule has 172 valence electrons. The Labute approximate surface area is 198 Å². The SMILES string of the molecule is CCCCc1nc(Cl)c(C2C=c3c(ccc4c5c(ccc34)CC=CC=5)C(C)C2S(=O)(=O)O)[nH]1. The minimum absolute atomic E-state index is 0.266. The molecular weight excluding hydrogens is 456 g/mol. The van der Waals surface area contributed by atoms with Gasteiger partial charge in [-0.2, -0.15) is 8.42 Å². The zero-order valence-electron chi connectivity index (χ0n) is 18.7. The van der Waals surface area contributed by atoms with E-state index in [-0.39, 0.29) is 5.15 Å². The van der Waals surface area contributed by atoms with Crippen LogP contribution < -0.4 is 10.4 Å². The summed E-state index contributed by atoms with van der Waals surface area (Å²) in [6, 6.07) is 8.34. The zero-order chi connectivity index (χ0) is 23.3. The van der Waals surface area contributed by atoms with Crippen molar-refractivity contribution in [2.75, 3.05) is 0 Å². The van der Waals surface area contributed by atoms with Gasteiger partial charge in [0.25, 0.3) is 10.1 Å². The van der Waals surface area contributed by atoms with Crippen molar-refractivity contribution in [1.29, 1.82) is 0 Å². The second kappa shape index (κ2) is 8.42. The van der Waals surface area contributed by atoms with E-state index in [1.165, 1.54) is 10.8 Å². The van der Waals surface area contributed by atoms with Gasteiger partial charge < -0.3 is 4.98 Å². The number of nitrogens with zero attached hydrogens (tertiary/aromatic N) is 1. The number of rotatable bonds is 5. The molecule has 2 aromatic carbocycles. The fourth-order valence-corrected chi connectivity index (χ4v) is 6.90. The Kier molecular flexibility index (Phi) is 5.71. The number of allylic oxidation sites excluding steroid dienone is 2. The van der Waals surface area contributed by atoms with E-state index in [9.17, 15) is 13.0 Å². The standard InChI is InChI=1S/C26H27ClN2O3S/c1-3-4-9-23-28-24(26(27)29-23)22-14-21-17(15(2)25(22)33(30,31)32)12-13-19-18-8-6-5-7-16(18)10-11-20(19)21/h5-6,8,10-15,22,25H,3-4,7,9H2,1-2H3,(H,28,29)(H,30,31,32). The molecule has 1 heterocycles. The maximum atomic E-state index is 12.6. The number of imidazole rings is 1. The van der Waals surface area contributed by atoms with Gasteiger partial charge >= 0.3 is 0 Å². The first-order valence-corrected chi connectivity index (χ1v) is 13.3. The van der Waals surface area contributed by atoms with E-state index < -0.39 is 27.2 Å². The molecule has 2 aliphatic carbocycles. The van der Waals surface area contributed by atoms with Gasteiger partial charge in [-0.05, 0) is 45.2 Å². The summed E-state index contributed by atoms with van der Waals surface area (Å²) in [6.07, 6.45) is 11.9. The minimum atomic E-state index is -4.36. The quantitative estimate of drug-likeness (QED) is 0.528. The Bertz CT molecular complexity index is 1500. The summed E-state index contributed by atoms with van der Waals surface area (Å²) < 4.78 is 35.4. The molecule has 3 atom stereocenters. The number of nitrogens with one attached hydrogen (secondary N) is 1. The van der Waals surface area contributed by atoms with Gasteiger partial charge in [-0.25, -0.2) is 4.98 Å². The van der Waals surface area contributed by atoms with E-state index in [1.807, 2.05) is 19.1 Å². The number of aromatic nitrogens is 2. The molecule has 3 unspecified atom stereocenters. The first-order valence-electron chi connectivity index (χ1n) is 11.4. The molecule has 0 aliphatic heterocycles. The first kappa shape index (κ1) is 22.4. The number of aryl methyl sites for hydroxylation is 1. The van der Waals surface area contributed by atoms with E-state index in [4.69, 9.17) is 11.6 Å². The van der Waals surface area contributed by atoms with Crippen molar-refractivity contribution in [1.82, 2.24) is 9.97 Å². The van der Waals surface area contributed by atoms with Crippen LogP contribution in [0.2, 0.25) is 5.15 Å². The maximum Gasteiger partial charge on any atom is 0.269 e. The molecule has 0 saturated heterocycles. The average molecular weight is 483 g/mol. The van der Waals surface area contributed by atoms with Crippen molar-refractivity contribution >= 4 is 44.6 Å². The molecule has 3 aromatic rings. The molecule has 0 spiro atoms. The van der Waals surface area contributed by atoms with Crippen molar-refractivity contribution in [3.8, 4) is 0 Å². The lowest BCUT2D eigenvalue weighted by Gasteiger charge is -2.32. The maximum absolute atomic E-state index is 12.6. The minimum Gasteiger partial charge on any atom is -0.344 e. The number of aromatic amines is 1. The molecule has 0 fully saturated rings. The zero-order valence-corrected chi connectivity index (χ0v) is 20.2. The summed E-state index contributed by atoms with van der Waals surface area (Å²) in [5.41, 5.74) is 2.74. The second-order valence-corrected chi connectivity index (χ2v) is 11.0. The van der Waals surface area contributed by atoms with E-state index in [1.54, 1.807) is 0 Å². The number of H-pyrrole nitrogens is 1. The fraction of sp³-hybridized carbons (Fsp3) is 0.346. The van der Waals surface area contributed by atoms with Crippen LogP contribution in [0.4, 0.5) is 0 Å². The number of unbranched alkanes of at least 4 members (excludes halogenated alkanes) is 1. The molecule has 0 radical (unpaired) electrons. The highest BCUT2D eigenvalue weighted by Gasteiger charge is 2.42. The Morgan fingerprint density at radius 3 is 2.70 bits per heavy atom. The summed E-state index contributed by atoms with van der Waals surface area (Å²) in [5.74, 6) is -0.317. The molecule has 1 aromatic heterocycles. The van der Waals surface area contributed by atoms with Crippen molar-refractivity contribution < 1.29 is 13.0 Å². The van der Waals surface area contributed by atoms with Crippen LogP contribution in [0.15, 0.2) is 36.4 Å². The predicted octanol–water partition coefficient (Wildman–Crippen LogP) is 4.39. The highest BCUT2D eigenvalue weighted by Crippen LogP contribution is 2.40. The Hall–Kier alpha value is -2.41. The summed E-state index contributed by atoms with van der Waals surface area (Å²) in [7, 11) is -4.36. The van der Waals surface area contributed by atoms with Crippen molar-refractivity contribution in [3.63, 3.8) is 0 Å². The van der Waals surface area contributed by atoms with E-state index in [0.29, 0.717) is 5.69 Å². The van der Waals surface area contributed by atoms with Gasteiger partial charge in [0.2, 0.25) is 0 Å². The highest BCUT2D eigenvalue weighted by molar-refractivity contribution is 7.86. The molecule has 5 rings (SSSR count). The molecule has 5 nitrogen and oxygen atoms in total. The largest absolute Gasteiger partial charge is 0.344 e. The monoisotopic (exact) mass is 482 g/mol. The Balaban J connectivity index is 1.77. The van der Waals surface area contributed by atoms with Gasteiger partial charge in [-0.3, -0.25) is 4.55 Å². The fourth-order valence-electron chi connectivity index (χ4n) is 5.38. The van der Waals surface area contributed by atoms with Gasteiger partial charge in [0.05, 0.1) is 5.69 Å². The van der Waals surface area contributed by atoms with E-state index >= 15 is 0 Å². The van der Waals surface area contributed by atoms with Gasteiger partial charge in [0, 0.05) is 18.3 Å². The number of hydrogen-bond acceptors (Lipinski definition) is 3. The summed E-state index contributed by atoms with van der Waals surface area (Å²) in [4.78, 5) is 7.71. The van der Waals surface area contributed by atoms with Crippen molar-refractivity contribution in [3.05, 3.63) is 74.7 Å². The normalized spacial score (nSPS) is 21.9. The predicted molar refractivity (Wildman–Crippen MR) is 134 cm³/mol. The Morgan fingerprint density at radius 1 is 1.18 bits per heavy atom. The van der Waals surface area contributed by atoms with E-state index in [2.05, 4.69) is 53.3 Å². The third-order valence-electron chi connectivity index (χ3n) is 7.01. The molecule has 2 aliphatic rings. The van der Waals surface area contributed by atoms with Gasteiger partial charge in [0.15, 0.2) is 5.15 Å². The Morgan fingerprint density at radius 2 is 1.94 bits per heavy atom. The lowest BCUT2D eigenvalue weighted by molar-refractivity contribution is 0.446. The number of fused-ring (bicyclic) bond motifs is 5. The van der Waals surface area contributed by atoms with E-state index in [0.717, 1.165) is 53.1 Å². The summed E-state index contributed by atoms with van der Waals surface area (Å²) in [5, 5.41) is 3.63. The molecule has 0 amide bonds. The summed E-state index contributed by atoms with van der Waals surface area (Å²) in [6.45, 7) is 3.96. The van der Waals surface area contributed by atoms with Crippen LogP contribution in [0.3, 0.4) is 0 Å². The smallest absolute Gasteiger partial charge is 0.269 e. The molecular formula is C26H27ClN2O3S. The van der Waals surface area contributed by atoms with Crippen LogP contribution in [0.1, 0.15) is 61.2 Å². The van der Waals surface area contributed by atoms with Gasteiger partial charge in [0.1, 0.15) is 11.1 Å². The van der Waals surface area contributed by atoms with Crippen LogP contribution in [-0.4, -0.2) is 28.2 Å². The number of benzene rings is 2. The van der Waals surface area contributed by atoms with Crippen molar-refractivity contribution in [2.45, 2.75) is 56.6 Å². The van der Waals surface area contributed by atoms with Crippen molar-refractivity contribution in [2.24, 2.45) is 0 Å². The topological polar surface area (TPSA) is 83.1 Å². The lowest BCUT2D eigenvalue weighted by atomic mass is 9.79. The van der Waals surface area contributed by atoms with Crippen LogP contribution >= 0.6 is 11.6 Å². The molecule has 0 bridgehead atoms. The third-order valence-corrected chi connectivity index (χ3v) is 8.68. The van der Waals surface area contributed by atoms with Gasteiger partial charge in [-0.15, -0.1) is 0 Å². The molecule has 33 heavy (non-hydrogen) atoms. The highest BCUT2D eigenvalue weighted by atomic mass is 35.5.